The van der Waals surface area contributed by atoms with Crippen LogP contribution in [0.2, 0.25) is 0 Å². The molecular formula is C26H30N4O2. The van der Waals surface area contributed by atoms with Crippen molar-refractivity contribution in [1.82, 2.24) is 16.1 Å². The number of hydrogen-bond acceptors (Lipinski definition) is 4. The van der Waals surface area contributed by atoms with Crippen molar-refractivity contribution < 1.29 is 9.59 Å². The summed E-state index contributed by atoms with van der Waals surface area (Å²) < 4.78 is 0. The van der Waals surface area contributed by atoms with E-state index < -0.39 is 11.8 Å². The Morgan fingerprint density at radius 1 is 0.906 bits per heavy atom. The Labute approximate surface area is 188 Å². The van der Waals surface area contributed by atoms with Crippen LogP contribution in [0.4, 0.5) is 0 Å². The lowest BCUT2D eigenvalue weighted by atomic mass is 9.79. The third-order valence-corrected chi connectivity index (χ3v) is 5.90. The molecule has 6 heteroatoms. The predicted molar refractivity (Wildman–Crippen MR) is 130 cm³/mol. The van der Waals surface area contributed by atoms with Crippen molar-refractivity contribution in [3.63, 3.8) is 0 Å². The highest BCUT2D eigenvalue weighted by molar-refractivity contribution is 6.35. The van der Waals surface area contributed by atoms with Gasteiger partial charge >= 0.3 is 11.8 Å². The van der Waals surface area contributed by atoms with E-state index in [-0.39, 0.29) is 17.1 Å². The average molecular weight is 431 g/mol. The summed E-state index contributed by atoms with van der Waals surface area (Å²) in [6.07, 6.45) is 3.12. The minimum absolute atomic E-state index is 0.0782. The summed E-state index contributed by atoms with van der Waals surface area (Å²) in [5.74, 6) is -1.43. The molecule has 2 amide bonds. The first-order valence-corrected chi connectivity index (χ1v) is 11.0. The summed E-state index contributed by atoms with van der Waals surface area (Å²) in [4.78, 5) is 24.9. The molecule has 0 saturated carbocycles. The molecule has 4 rings (SSSR count). The second-order valence-electron chi connectivity index (χ2n) is 9.90. The largest absolute Gasteiger partial charge is 0.345 e. The Morgan fingerprint density at radius 3 is 2.00 bits per heavy atom. The summed E-state index contributed by atoms with van der Waals surface area (Å²) in [5, 5.41) is 14.8. The maximum Gasteiger partial charge on any atom is 0.329 e. The number of carbonyl (C=O) groups is 2. The van der Waals surface area contributed by atoms with Gasteiger partial charge in [0, 0.05) is 22.7 Å². The van der Waals surface area contributed by atoms with Gasteiger partial charge in [-0.3, -0.25) is 9.59 Å². The Morgan fingerprint density at radius 2 is 1.44 bits per heavy atom. The van der Waals surface area contributed by atoms with Crippen LogP contribution < -0.4 is 16.1 Å². The van der Waals surface area contributed by atoms with Crippen molar-refractivity contribution in [2.45, 2.75) is 57.7 Å². The van der Waals surface area contributed by atoms with E-state index in [1.807, 2.05) is 48.5 Å². The number of piperidine rings is 1. The molecule has 6 nitrogen and oxygen atoms in total. The molecule has 1 saturated heterocycles. The fraction of sp³-hybridized carbons (Fsp3) is 0.346. The minimum atomic E-state index is -0.764. The maximum absolute atomic E-state index is 12.5. The molecule has 1 heterocycles. The molecular weight excluding hydrogens is 400 g/mol. The van der Waals surface area contributed by atoms with E-state index in [1.165, 1.54) is 0 Å². The number of hydrogen-bond donors (Lipinski definition) is 3. The van der Waals surface area contributed by atoms with Gasteiger partial charge in [-0.25, -0.2) is 5.43 Å². The van der Waals surface area contributed by atoms with Crippen LogP contribution in [0.3, 0.4) is 0 Å². The second kappa shape index (κ2) is 8.36. The quantitative estimate of drug-likeness (QED) is 0.255. The summed E-state index contributed by atoms with van der Waals surface area (Å²) in [7, 11) is 0. The summed E-state index contributed by atoms with van der Waals surface area (Å²) in [6.45, 7) is 8.41. The SMILES string of the molecule is CC1(C)CC(NC(=O)C(=O)N/N=C\c2c3ccccc3cc3ccccc23)CC(C)(C)N1. The van der Waals surface area contributed by atoms with Gasteiger partial charge in [0.05, 0.1) is 6.21 Å². The van der Waals surface area contributed by atoms with Crippen LogP contribution in [-0.2, 0) is 9.59 Å². The number of benzene rings is 3. The number of carbonyl (C=O) groups excluding carboxylic acids is 2. The van der Waals surface area contributed by atoms with Crippen molar-refractivity contribution in [2.75, 3.05) is 0 Å². The first kappa shape index (κ1) is 22.0. The Hall–Kier alpha value is -3.25. The molecule has 1 aliphatic rings. The van der Waals surface area contributed by atoms with Crippen molar-refractivity contribution in [3.05, 3.63) is 60.2 Å². The zero-order chi connectivity index (χ0) is 22.9. The smallest absolute Gasteiger partial charge is 0.329 e. The van der Waals surface area contributed by atoms with Crippen LogP contribution in [0.15, 0.2) is 59.7 Å². The van der Waals surface area contributed by atoms with Crippen LogP contribution in [0, 0.1) is 0 Å². The van der Waals surface area contributed by atoms with Gasteiger partial charge in [0.2, 0.25) is 0 Å². The maximum atomic E-state index is 12.5. The number of fused-ring (bicyclic) bond motifs is 2. The molecule has 0 spiro atoms. The van der Waals surface area contributed by atoms with E-state index in [4.69, 9.17) is 0 Å². The number of hydrazone groups is 1. The van der Waals surface area contributed by atoms with Crippen molar-refractivity contribution >= 4 is 39.6 Å². The molecule has 1 aliphatic heterocycles. The molecule has 0 aliphatic carbocycles. The van der Waals surface area contributed by atoms with Gasteiger partial charge in [0.15, 0.2) is 0 Å². The van der Waals surface area contributed by atoms with Crippen molar-refractivity contribution in [3.8, 4) is 0 Å². The van der Waals surface area contributed by atoms with E-state index in [0.717, 1.165) is 39.9 Å². The Balaban J connectivity index is 1.49. The molecule has 0 bridgehead atoms. The lowest BCUT2D eigenvalue weighted by Crippen LogP contribution is -2.62. The molecule has 166 valence electrons. The van der Waals surface area contributed by atoms with Crippen molar-refractivity contribution in [1.29, 1.82) is 0 Å². The Bertz CT molecular complexity index is 1140. The topological polar surface area (TPSA) is 82.6 Å². The lowest BCUT2D eigenvalue weighted by Gasteiger charge is -2.46. The number of amides is 2. The Kier molecular flexibility index (Phi) is 5.73. The highest BCUT2D eigenvalue weighted by Crippen LogP contribution is 2.29. The van der Waals surface area contributed by atoms with Gasteiger partial charge < -0.3 is 10.6 Å². The van der Waals surface area contributed by atoms with Gasteiger partial charge in [0.25, 0.3) is 0 Å². The minimum Gasteiger partial charge on any atom is -0.345 e. The molecule has 0 unspecified atom stereocenters. The highest BCUT2D eigenvalue weighted by atomic mass is 16.2. The average Bonchev–Trinajstić information content (AvgIpc) is 2.70. The van der Waals surface area contributed by atoms with Gasteiger partial charge in [-0.15, -0.1) is 0 Å². The fourth-order valence-electron chi connectivity index (χ4n) is 5.07. The molecule has 3 N–H and O–H groups in total. The normalized spacial score (nSPS) is 18.1. The number of nitrogens with zero attached hydrogens (tertiary/aromatic N) is 1. The molecule has 3 aromatic carbocycles. The molecule has 1 fully saturated rings. The van der Waals surface area contributed by atoms with Gasteiger partial charge in [0.1, 0.15) is 0 Å². The van der Waals surface area contributed by atoms with Gasteiger partial charge in [-0.05, 0) is 68.1 Å². The van der Waals surface area contributed by atoms with E-state index in [2.05, 4.69) is 54.9 Å². The van der Waals surface area contributed by atoms with E-state index in [9.17, 15) is 9.59 Å². The third kappa shape index (κ3) is 4.81. The standard InChI is InChI=1S/C26H30N4O2/c1-25(2)14-19(15-26(3,4)30-25)28-23(31)24(32)29-27-16-22-20-11-7-5-9-17(20)13-18-10-6-8-12-21(18)22/h5-13,16,19,30H,14-15H2,1-4H3,(H,28,31)(H,29,32)/b27-16-. The first-order valence-electron chi connectivity index (χ1n) is 11.0. The van der Waals surface area contributed by atoms with Crippen LogP contribution in [0.1, 0.15) is 46.1 Å². The molecule has 32 heavy (non-hydrogen) atoms. The van der Waals surface area contributed by atoms with E-state index in [1.54, 1.807) is 6.21 Å². The first-order chi connectivity index (χ1) is 15.1. The van der Waals surface area contributed by atoms with Gasteiger partial charge in [-0.1, -0.05) is 48.5 Å². The summed E-state index contributed by atoms with van der Waals surface area (Å²) in [5.41, 5.74) is 3.06. The van der Waals surface area contributed by atoms with Crippen LogP contribution in [0.5, 0.6) is 0 Å². The second-order valence-corrected chi connectivity index (χ2v) is 9.90. The molecule has 0 atom stereocenters. The summed E-state index contributed by atoms with van der Waals surface area (Å²) >= 11 is 0. The third-order valence-electron chi connectivity index (χ3n) is 5.90. The molecule has 0 radical (unpaired) electrons. The van der Waals surface area contributed by atoms with E-state index in [0.29, 0.717) is 0 Å². The van der Waals surface area contributed by atoms with Crippen molar-refractivity contribution in [2.24, 2.45) is 5.10 Å². The number of nitrogens with one attached hydrogen (secondary N) is 3. The van der Waals surface area contributed by atoms with Crippen LogP contribution in [0.25, 0.3) is 21.5 Å². The zero-order valence-corrected chi connectivity index (χ0v) is 19.0. The zero-order valence-electron chi connectivity index (χ0n) is 19.0. The number of rotatable bonds is 3. The monoisotopic (exact) mass is 430 g/mol. The molecule has 3 aromatic rings. The lowest BCUT2D eigenvalue weighted by molar-refractivity contribution is -0.140. The van der Waals surface area contributed by atoms with Crippen LogP contribution >= 0.6 is 0 Å². The predicted octanol–water partition coefficient (Wildman–Crippen LogP) is 3.87. The van der Waals surface area contributed by atoms with Gasteiger partial charge in [-0.2, -0.15) is 5.10 Å². The highest BCUT2D eigenvalue weighted by Gasteiger charge is 2.38. The summed E-state index contributed by atoms with van der Waals surface area (Å²) in [6, 6.07) is 18.1. The van der Waals surface area contributed by atoms with E-state index >= 15 is 0 Å². The fourth-order valence-corrected chi connectivity index (χ4v) is 5.07. The molecule has 0 aromatic heterocycles. The van der Waals surface area contributed by atoms with Crippen LogP contribution in [-0.4, -0.2) is 35.1 Å².